The van der Waals surface area contributed by atoms with Gasteiger partial charge in [-0.3, -0.25) is 0 Å². The predicted octanol–water partition coefficient (Wildman–Crippen LogP) is 3.86. The first-order valence-corrected chi connectivity index (χ1v) is 10.4. The van der Waals surface area contributed by atoms with Crippen LogP contribution in [0.25, 0.3) is 0 Å². The minimum Gasteiger partial charge on any atom is -0.382 e. The summed E-state index contributed by atoms with van der Waals surface area (Å²) < 4.78 is 5.35. The van der Waals surface area contributed by atoms with E-state index in [0.717, 1.165) is 32.3 Å². The molecule has 0 aliphatic rings. The number of hydrogen-bond donors (Lipinski definition) is 0. The highest BCUT2D eigenvalue weighted by atomic mass is 35.8. The van der Waals surface area contributed by atoms with E-state index in [4.69, 9.17) is 44.4 Å². The summed E-state index contributed by atoms with van der Waals surface area (Å²) >= 11 is 17.1. The average molecular weight is 298 g/mol. The van der Waals surface area contributed by atoms with Gasteiger partial charge in [-0.15, -0.1) is 39.7 Å². The van der Waals surface area contributed by atoms with Gasteiger partial charge in [-0.1, -0.05) is 12.3 Å². The smallest absolute Gasteiger partial charge is 0.343 e. The van der Waals surface area contributed by atoms with Crippen LogP contribution in [0.1, 0.15) is 25.7 Å². The number of hydrogen-bond acceptors (Lipinski definition) is 1. The molecule has 5 heteroatoms. The fraction of sp³-hybridized carbons (Fsp3) is 0.636. The van der Waals surface area contributed by atoms with Gasteiger partial charge in [0.15, 0.2) is 0 Å². The lowest BCUT2D eigenvalue weighted by molar-refractivity contribution is 0.143. The average Bonchev–Trinajstić information content (AvgIpc) is 2.19. The number of terminal acetylenes is 1. The van der Waals surface area contributed by atoms with Crippen molar-refractivity contribution in [3.63, 3.8) is 0 Å². The molecule has 0 radical (unpaired) electrons. The first-order chi connectivity index (χ1) is 7.56. The molecule has 0 amide bonds. The molecule has 0 aromatic rings. The van der Waals surface area contributed by atoms with Crippen molar-refractivity contribution in [3.05, 3.63) is 0 Å². The van der Waals surface area contributed by atoms with Gasteiger partial charge in [-0.25, -0.2) is 0 Å². The van der Waals surface area contributed by atoms with Crippen LogP contribution in [0.4, 0.5) is 0 Å². The zero-order valence-corrected chi connectivity index (χ0v) is 12.3. The van der Waals surface area contributed by atoms with E-state index in [1.165, 1.54) is 0 Å². The summed E-state index contributed by atoms with van der Waals surface area (Å²) in [5.74, 6) is 7.75. The molecule has 0 heterocycles. The van der Waals surface area contributed by atoms with Crippen molar-refractivity contribution in [1.82, 2.24) is 0 Å². The number of halogens is 3. The highest BCUT2D eigenvalue weighted by Gasteiger charge is 2.23. The van der Waals surface area contributed by atoms with E-state index in [1.807, 2.05) is 0 Å². The fourth-order valence-electron chi connectivity index (χ4n) is 0.998. The van der Waals surface area contributed by atoms with E-state index in [2.05, 4.69) is 17.8 Å². The van der Waals surface area contributed by atoms with E-state index in [9.17, 15) is 0 Å². The largest absolute Gasteiger partial charge is 0.382 e. The Labute approximate surface area is 113 Å². The maximum absolute atomic E-state index is 5.70. The molecule has 0 unspecified atom stereocenters. The molecular formula is C11H15Cl3OSi. The van der Waals surface area contributed by atoms with Crippen molar-refractivity contribution in [1.29, 1.82) is 0 Å². The maximum Gasteiger partial charge on any atom is 0.343 e. The minimum absolute atomic E-state index is 0.541. The molecule has 90 valence electrons. The SMILES string of the molecule is C#CC#CCCCCCOCC[Si](Cl)(Cl)Cl. The third-order valence-electron chi connectivity index (χ3n) is 1.78. The van der Waals surface area contributed by atoms with Gasteiger partial charge in [-0.2, -0.15) is 0 Å². The normalized spacial score (nSPS) is 10.4. The Kier molecular flexibility index (Phi) is 10.4. The molecule has 0 aliphatic carbocycles. The topological polar surface area (TPSA) is 9.23 Å². The van der Waals surface area contributed by atoms with Gasteiger partial charge in [0.1, 0.15) is 0 Å². The highest BCUT2D eigenvalue weighted by molar-refractivity contribution is 7.64. The van der Waals surface area contributed by atoms with Crippen LogP contribution in [-0.2, 0) is 4.74 Å². The van der Waals surface area contributed by atoms with Gasteiger partial charge >= 0.3 is 6.00 Å². The van der Waals surface area contributed by atoms with E-state index in [0.29, 0.717) is 12.7 Å². The second kappa shape index (κ2) is 10.3. The first kappa shape index (κ1) is 16.2. The fourth-order valence-corrected chi connectivity index (χ4v) is 2.07. The highest BCUT2D eigenvalue weighted by Crippen LogP contribution is 2.24. The van der Waals surface area contributed by atoms with Gasteiger partial charge < -0.3 is 4.74 Å². The maximum atomic E-state index is 5.70. The molecular weight excluding hydrogens is 283 g/mol. The second-order valence-corrected chi connectivity index (χ2v) is 12.5. The summed E-state index contributed by atoms with van der Waals surface area (Å²) in [4.78, 5) is 0. The standard InChI is InChI=1S/C11H15Cl3OSi/c1-2-3-4-5-6-7-8-9-15-10-11-16(12,13)14/h1H,5-11H2. The Morgan fingerprint density at radius 3 is 2.44 bits per heavy atom. The zero-order valence-electron chi connectivity index (χ0n) is 9.07. The summed E-state index contributed by atoms with van der Waals surface area (Å²) in [6.45, 7) is 1.26. The molecule has 0 fully saturated rings. The third-order valence-corrected chi connectivity index (χ3v) is 4.25. The molecule has 0 aliphatic heterocycles. The lowest BCUT2D eigenvalue weighted by Crippen LogP contribution is -2.12. The Hall–Kier alpha value is 0.167. The molecule has 1 nitrogen and oxygen atoms in total. The van der Waals surface area contributed by atoms with Crippen LogP contribution < -0.4 is 0 Å². The molecule has 0 saturated heterocycles. The predicted molar refractivity (Wildman–Crippen MR) is 74.0 cm³/mol. The number of ether oxygens (including phenoxy) is 1. The van der Waals surface area contributed by atoms with Crippen molar-refractivity contribution in [2.45, 2.75) is 31.7 Å². The van der Waals surface area contributed by atoms with Crippen LogP contribution in [0, 0.1) is 24.2 Å². The number of unbranched alkanes of at least 4 members (excludes halogenated alkanes) is 3. The van der Waals surface area contributed by atoms with Crippen LogP contribution in [0.2, 0.25) is 6.04 Å². The molecule has 0 saturated carbocycles. The molecule has 0 bridgehead atoms. The van der Waals surface area contributed by atoms with E-state index >= 15 is 0 Å². The molecule has 0 aromatic heterocycles. The lowest BCUT2D eigenvalue weighted by Gasteiger charge is -2.07. The van der Waals surface area contributed by atoms with Crippen molar-refractivity contribution in [2.75, 3.05) is 13.2 Å². The molecule has 0 rings (SSSR count). The Bertz CT molecular complexity index is 270. The van der Waals surface area contributed by atoms with Gasteiger partial charge in [0, 0.05) is 25.7 Å². The molecule has 0 spiro atoms. The number of rotatable bonds is 8. The lowest BCUT2D eigenvalue weighted by atomic mass is 10.2. The van der Waals surface area contributed by atoms with Gasteiger partial charge in [0.05, 0.1) is 0 Å². The first-order valence-electron chi connectivity index (χ1n) is 5.14. The van der Waals surface area contributed by atoms with Crippen LogP contribution in [0.5, 0.6) is 0 Å². The van der Waals surface area contributed by atoms with Gasteiger partial charge in [-0.05, 0) is 24.7 Å². The van der Waals surface area contributed by atoms with Crippen molar-refractivity contribution < 1.29 is 4.74 Å². The summed E-state index contributed by atoms with van der Waals surface area (Å²) in [5.41, 5.74) is 0. The zero-order chi connectivity index (χ0) is 12.3. The van der Waals surface area contributed by atoms with Crippen LogP contribution >= 0.6 is 33.2 Å². The summed E-state index contributed by atoms with van der Waals surface area (Å²) in [5, 5.41) is 0. The Morgan fingerprint density at radius 2 is 1.81 bits per heavy atom. The van der Waals surface area contributed by atoms with Crippen molar-refractivity contribution >= 4 is 39.2 Å². The van der Waals surface area contributed by atoms with E-state index < -0.39 is 6.00 Å². The van der Waals surface area contributed by atoms with E-state index in [-0.39, 0.29) is 0 Å². The monoisotopic (exact) mass is 296 g/mol. The Morgan fingerprint density at radius 1 is 1.06 bits per heavy atom. The summed E-state index contributed by atoms with van der Waals surface area (Å²) in [7, 11) is 0. The molecule has 0 aromatic carbocycles. The van der Waals surface area contributed by atoms with E-state index in [1.54, 1.807) is 0 Å². The summed E-state index contributed by atoms with van der Waals surface area (Å²) in [6.07, 6.45) is 8.99. The van der Waals surface area contributed by atoms with Crippen LogP contribution in [0.15, 0.2) is 0 Å². The molecule has 16 heavy (non-hydrogen) atoms. The van der Waals surface area contributed by atoms with Gasteiger partial charge in [0.25, 0.3) is 0 Å². The second-order valence-electron chi connectivity index (χ2n) is 3.23. The minimum atomic E-state index is -2.49. The van der Waals surface area contributed by atoms with Crippen LogP contribution in [-0.4, -0.2) is 19.2 Å². The summed E-state index contributed by atoms with van der Waals surface area (Å²) in [6, 6.07) is -1.93. The van der Waals surface area contributed by atoms with Crippen LogP contribution in [0.3, 0.4) is 0 Å². The third kappa shape index (κ3) is 14.2. The van der Waals surface area contributed by atoms with Crippen molar-refractivity contribution in [2.24, 2.45) is 0 Å². The molecule has 0 N–H and O–H groups in total. The van der Waals surface area contributed by atoms with Crippen molar-refractivity contribution in [3.8, 4) is 24.2 Å². The Balaban J connectivity index is 3.14. The quantitative estimate of drug-likeness (QED) is 0.286. The van der Waals surface area contributed by atoms with Gasteiger partial charge in [0.2, 0.25) is 0 Å². The molecule has 0 atom stereocenters.